The molecule has 134 valence electrons. The number of nitrogens with two attached hydrogens (primary N) is 2. The molecule has 0 saturated heterocycles. The highest BCUT2D eigenvalue weighted by molar-refractivity contribution is 5.81. The minimum Gasteiger partial charge on any atom is -0.383 e. The lowest BCUT2D eigenvalue weighted by molar-refractivity contribution is 0.253. The molecular formula is C22H21N5. The van der Waals surface area contributed by atoms with Gasteiger partial charge in [0.25, 0.3) is 0 Å². The second kappa shape index (κ2) is 5.93. The number of hydrogen-bond acceptors (Lipinski definition) is 4. The fourth-order valence-corrected chi connectivity index (χ4v) is 3.78. The monoisotopic (exact) mass is 355 g/mol. The molecule has 5 heteroatoms. The van der Waals surface area contributed by atoms with Crippen LogP contribution in [0.2, 0.25) is 0 Å². The van der Waals surface area contributed by atoms with E-state index in [2.05, 4.69) is 41.4 Å². The van der Waals surface area contributed by atoms with Crippen LogP contribution in [0.25, 0.3) is 28.2 Å². The Hall–Kier alpha value is -3.18. The number of fused-ring (bicyclic) bond motifs is 1. The lowest BCUT2D eigenvalue weighted by Gasteiger charge is -2.38. The van der Waals surface area contributed by atoms with Gasteiger partial charge in [-0.15, -0.1) is 0 Å². The Labute approximate surface area is 157 Å². The van der Waals surface area contributed by atoms with E-state index in [9.17, 15) is 0 Å². The average Bonchev–Trinajstić information content (AvgIpc) is 3.06. The quantitative estimate of drug-likeness (QED) is 0.582. The second-order valence-electron chi connectivity index (χ2n) is 7.31. The van der Waals surface area contributed by atoms with E-state index in [0.29, 0.717) is 11.6 Å². The Kier molecular flexibility index (Phi) is 3.52. The van der Waals surface area contributed by atoms with Crippen LogP contribution in [-0.2, 0) is 5.54 Å². The number of imidazole rings is 1. The normalized spacial score (nSPS) is 15.6. The number of aromatic nitrogens is 3. The first-order valence-electron chi connectivity index (χ1n) is 9.23. The first kappa shape index (κ1) is 16.0. The van der Waals surface area contributed by atoms with Crippen LogP contribution in [-0.4, -0.2) is 14.4 Å². The van der Waals surface area contributed by atoms with Crippen LogP contribution in [0.15, 0.2) is 67.0 Å². The van der Waals surface area contributed by atoms with E-state index < -0.39 is 0 Å². The second-order valence-corrected chi connectivity index (χ2v) is 7.31. The van der Waals surface area contributed by atoms with Gasteiger partial charge in [0.2, 0.25) is 5.78 Å². The Morgan fingerprint density at radius 1 is 0.926 bits per heavy atom. The molecule has 0 atom stereocenters. The van der Waals surface area contributed by atoms with Gasteiger partial charge >= 0.3 is 0 Å². The molecule has 1 aliphatic carbocycles. The van der Waals surface area contributed by atoms with Gasteiger partial charge in [-0.05, 0) is 30.4 Å². The molecule has 2 aromatic heterocycles. The summed E-state index contributed by atoms with van der Waals surface area (Å²) in [5.41, 5.74) is 17.6. The summed E-state index contributed by atoms with van der Waals surface area (Å²) in [7, 11) is 0. The zero-order valence-electron chi connectivity index (χ0n) is 15.0. The van der Waals surface area contributed by atoms with Crippen LogP contribution in [0.5, 0.6) is 0 Å². The highest BCUT2D eigenvalue weighted by Crippen LogP contribution is 2.39. The van der Waals surface area contributed by atoms with Crippen LogP contribution >= 0.6 is 0 Å². The van der Waals surface area contributed by atoms with Crippen molar-refractivity contribution in [1.82, 2.24) is 14.4 Å². The van der Waals surface area contributed by atoms with E-state index in [4.69, 9.17) is 16.5 Å². The molecule has 1 fully saturated rings. The summed E-state index contributed by atoms with van der Waals surface area (Å²) in [6.07, 6.45) is 6.96. The van der Waals surface area contributed by atoms with Gasteiger partial charge in [0, 0.05) is 22.9 Å². The van der Waals surface area contributed by atoms with Gasteiger partial charge in [0.05, 0.1) is 11.9 Å². The number of nitrogen functional groups attached to an aromatic ring is 1. The molecule has 1 aliphatic rings. The summed E-state index contributed by atoms with van der Waals surface area (Å²) in [5.74, 6) is 1.17. The Bertz CT molecular complexity index is 1110. The molecule has 0 aliphatic heterocycles. The smallest absolute Gasteiger partial charge is 0.235 e. The SMILES string of the molecule is Nc1cnc2nc(-c3ccc(C4(N)CCC4)cc3)c(-c3ccccc3)cn12. The standard InChI is InChI=1S/C22H21N5/c23-19-13-25-21-26-20(18(14-27(19)21)15-5-2-1-3-6-15)16-7-9-17(10-8-16)22(24)11-4-12-22/h1-3,5-10,13-14H,4,11-12,23-24H2. The number of benzene rings is 2. The molecule has 0 radical (unpaired) electrons. The fraction of sp³-hybridized carbons (Fsp3) is 0.182. The van der Waals surface area contributed by atoms with Crippen molar-refractivity contribution in [3.05, 3.63) is 72.6 Å². The summed E-state index contributed by atoms with van der Waals surface area (Å²) in [6.45, 7) is 0. The summed E-state index contributed by atoms with van der Waals surface area (Å²) in [6, 6.07) is 18.7. The van der Waals surface area contributed by atoms with Crippen molar-refractivity contribution in [2.24, 2.45) is 5.73 Å². The highest BCUT2D eigenvalue weighted by Gasteiger charge is 2.34. The number of nitrogens with zero attached hydrogens (tertiary/aromatic N) is 3. The molecule has 27 heavy (non-hydrogen) atoms. The highest BCUT2D eigenvalue weighted by atomic mass is 15.1. The van der Waals surface area contributed by atoms with E-state index in [-0.39, 0.29) is 5.54 Å². The van der Waals surface area contributed by atoms with Crippen molar-refractivity contribution >= 4 is 11.6 Å². The lowest BCUT2D eigenvalue weighted by atomic mass is 9.72. The van der Waals surface area contributed by atoms with E-state index in [1.807, 2.05) is 28.8 Å². The van der Waals surface area contributed by atoms with Gasteiger partial charge in [-0.3, -0.25) is 4.40 Å². The maximum Gasteiger partial charge on any atom is 0.235 e. The van der Waals surface area contributed by atoms with Crippen molar-refractivity contribution < 1.29 is 0 Å². The Balaban J connectivity index is 1.67. The molecule has 4 N–H and O–H groups in total. The minimum atomic E-state index is -0.157. The first-order chi connectivity index (χ1) is 13.1. The number of rotatable bonds is 3. The van der Waals surface area contributed by atoms with Crippen LogP contribution in [0.1, 0.15) is 24.8 Å². The summed E-state index contributed by atoms with van der Waals surface area (Å²) < 4.78 is 1.82. The Morgan fingerprint density at radius 3 is 2.33 bits per heavy atom. The maximum absolute atomic E-state index is 6.47. The molecule has 0 unspecified atom stereocenters. The van der Waals surface area contributed by atoms with Crippen molar-refractivity contribution in [3.63, 3.8) is 0 Å². The first-order valence-corrected chi connectivity index (χ1v) is 9.23. The predicted octanol–water partition coefficient (Wildman–Crippen LogP) is 3.98. The van der Waals surface area contributed by atoms with Gasteiger partial charge in [-0.1, -0.05) is 54.6 Å². The summed E-state index contributed by atoms with van der Waals surface area (Å²) in [5, 5.41) is 0. The minimum absolute atomic E-state index is 0.157. The van der Waals surface area contributed by atoms with Crippen LogP contribution in [0.4, 0.5) is 5.82 Å². The van der Waals surface area contributed by atoms with E-state index in [1.54, 1.807) is 6.20 Å². The van der Waals surface area contributed by atoms with Gasteiger partial charge < -0.3 is 11.5 Å². The van der Waals surface area contributed by atoms with Crippen LogP contribution in [0.3, 0.4) is 0 Å². The third-order valence-corrected chi connectivity index (χ3v) is 5.59. The van der Waals surface area contributed by atoms with Gasteiger partial charge in [-0.25, -0.2) is 9.97 Å². The zero-order chi connectivity index (χ0) is 18.4. The third kappa shape index (κ3) is 2.59. The molecule has 5 rings (SSSR count). The molecule has 5 nitrogen and oxygen atoms in total. The summed E-state index contributed by atoms with van der Waals surface area (Å²) >= 11 is 0. The number of anilines is 1. The van der Waals surface area contributed by atoms with Crippen LogP contribution in [0, 0.1) is 0 Å². The molecule has 4 aromatic rings. The largest absolute Gasteiger partial charge is 0.383 e. The maximum atomic E-state index is 6.47. The van der Waals surface area contributed by atoms with Crippen molar-refractivity contribution in [1.29, 1.82) is 0 Å². The predicted molar refractivity (Wildman–Crippen MR) is 108 cm³/mol. The van der Waals surface area contributed by atoms with E-state index >= 15 is 0 Å². The van der Waals surface area contributed by atoms with E-state index in [1.165, 1.54) is 12.0 Å². The van der Waals surface area contributed by atoms with Gasteiger partial charge in [0.1, 0.15) is 5.82 Å². The lowest BCUT2D eigenvalue weighted by Crippen LogP contribution is -2.43. The summed E-state index contributed by atoms with van der Waals surface area (Å²) in [4.78, 5) is 9.13. The molecular weight excluding hydrogens is 334 g/mol. The molecule has 1 saturated carbocycles. The molecule has 0 bridgehead atoms. The van der Waals surface area contributed by atoms with Crippen molar-refractivity contribution in [2.45, 2.75) is 24.8 Å². The topological polar surface area (TPSA) is 82.2 Å². The number of hydrogen-bond donors (Lipinski definition) is 2. The molecule has 0 spiro atoms. The van der Waals surface area contributed by atoms with Gasteiger partial charge in [-0.2, -0.15) is 0 Å². The molecule has 2 aromatic carbocycles. The Morgan fingerprint density at radius 2 is 1.67 bits per heavy atom. The van der Waals surface area contributed by atoms with Crippen molar-refractivity contribution in [2.75, 3.05) is 5.73 Å². The average molecular weight is 355 g/mol. The van der Waals surface area contributed by atoms with Gasteiger partial charge in [0.15, 0.2) is 0 Å². The van der Waals surface area contributed by atoms with Crippen molar-refractivity contribution in [3.8, 4) is 22.4 Å². The molecule has 0 amide bonds. The van der Waals surface area contributed by atoms with E-state index in [0.717, 1.165) is 35.2 Å². The third-order valence-electron chi connectivity index (χ3n) is 5.59. The zero-order valence-corrected chi connectivity index (χ0v) is 15.0. The fourth-order valence-electron chi connectivity index (χ4n) is 3.78. The molecule has 2 heterocycles. The van der Waals surface area contributed by atoms with Crippen LogP contribution < -0.4 is 11.5 Å².